The molecule has 0 saturated heterocycles. The molecule has 1 aliphatic heterocycles. The number of likely N-dealkylation sites (N-methyl/N-ethyl adjacent to an activating group) is 1. The molecule has 0 aromatic heterocycles. The summed E-state index contributed by atoms with van der Waals surface area (Å²) in [4.78, 5) is 14.2. The van der Waals surface area contributed by atoms with E-state index in [0.29, 0.717) is 0 Å². The average Bonchev–Trinajstić information content (AvgIpc) is 2.50. The molecule has 2 nitrogen and oxygen atoms in total. The maximum Gasteiger partial charge on any atom is 0.237 e. The van der Waals surface area contributed by atoms with Crippen molar-refractivity contribution < 1.29 is 4.79 Å². The monoisotopic (exact) mass is 203 g/mol. The summed E-state index contributed by atoms with van der Waals surface area (Å²) in [6.07, 6.45) is 0.860. The van der Waals surface area contributed by atoms with Gasteiger partial charge in [-0.1, -0.05) is 25.1 Å². The molecule has 0 spiro atoms. The first-order valence-electron chi connectivity index (χ1n) is 5.56. The molecule has 80 valence electrons. The summed E-state index contributed by atoms with van der Waals surface area (Å²) in [5.41, 5.74) is 1.96. The van der Waals surface area contributed by atoms with Gasteiger partial charge in [-0.15, -0.1) is 0 Å². The fourth-order valence-electron chi connectivity index (χ4n) is 2.35. The second-order valence-corrected chi connectivity index (χ2v) is 4.25. The lowest BCUT2D eigenvalue weighted by Crippen LogP contribution is -2.37. The van der Waals surface area contributed by atoms with Gasteiger partial charge in [-0.2, -0.15) is 0 Å². The van der Waals surface area contributed by atoms with Crippen LogP contribution in [0.1, 0.15) is 32.8 Å². The average molecular weight is 203 g/mol. The van der Waals surface area contributed by atoms with E-state index in [1.54, 1.807) is 0 Å². The summed E-state index contributed by atoms with van der Waals surface area (Å²) < 4.78 is 0. The molecule has 2 heteroatoms. The lowest BCUT2D eigenvalue weighted by Gasteiger charge is -2.21. The minimum Gasteiger partial charge on any atom is -0.312 e. The van der Waals surface area contributed by atoms with E-state index in [-0.39, 0.29) is 11.3 Å². The molecule has 0 saturated carbocycles. The second kappa shape index (κ2) is 3.37. The van der Waals surface area contributed by atoms with Gasteiger partial charge >= 0.3 is 0 Å². The van der Waals surface area contributed by atoms with Crippen LogP contribution in [0.4, 0.5) is 5.69 Å². The van der Waals surface area contributed by atoms with Crippen molar-refractivity contribution in [3.05, 3.63) is 29.8 Å². The van der Waals surface area contributed by atoms with Crippen LogP contribution in [0.25, 0.3) is 0 Å². The Morgan fingerprint density at radius 3 is 2.53 bits per heavy atom. The highest BCUT2D eigenvalue weighted by molar-refractivity contribution is 6.07. The normalized spacial score (nSPS) is 24.5. The number of anilines is 1. The van der Waals surface area contributed by atoms with Gasteiger partial charge in [0.05, 0.1) is 5.41 Å². The quantitative estimate of drug-likeness (QED) is 0.723. The Labute approximate surface area is 90.9 Å². The maximum atomic E-state index is 12.3. The van der Waals surface area contributed by atoms with Crippen LogP contribution in [-0.2, 0) is 10.2 Å². The molecule has 2 rings (SSSR count). The third kappa shape index (κ3) is 1.21. The number of rotatable bonds is 2. The molecule has 1 atom stereocenters. The van der Waals surface area contributed by atoms with Crippen molar-refractivity contribution in [2.45, 2.75) is 32.6 Å². The predicted molar refractivity (Wildman–Crippen MR) is 62.1 cm³/mol. The highest BCUT2D eigenvalue weighted by Gasteiger charge is 2.44. The van der Waals surface area contributed by atoms with Crippen molar-refractivity contribution in [2.24, 2.45) is 0 Å². The van der Waals surface area contributed by atoms with Crippen molar-refractivity contribution in [3.8, 4) is 0 Å². The van der Waals surface area contributed by atoms with Gasteiger partial charge in [0.1, 0.15) is 0 Å². The van der Waals surface area contributed by atoms with Crippen molar-refractivity contribution in [3.63, 3.8) is 0 Å². The van der Waals surface area contributed by atoms with Crippen LogP contribution in [0.15, 0.2) is 24.3 Å². The molecule has 0 fully saturated rings. The molecule has 1 aromatic rings. The smallest absolute Gasteiger partial charge is 0.237 e. The van der Waals surface area contributed by atoms with Gasteiger partial charge in [0.15, 0.2) is 0 Å². The molecule has 1 heterocycles. The van der Waals surface area contributed by atoms with Crippen LogP contribution in [0.5, 0.6) is 0 Å². The van der Waals surface area contributed by atoms with Gasteiger partial charge < -0.3 is 4.90 Å². The Morgan fingerprint density at radius 1 is 1.27 bits per heavy atom. The minimum absolute atomic E-state index is 0.244. The second-order valence-electron chi connectivity index (χ2n) is 4.25. The number of hydrogen-bond donors (Lipinski definition) is 0. The lowest BCUT2D eigenvalue weighted by molar-refractivity contribution is -0.122. The van der Waals surface area contributed by atoms with Crippen molar-refractivity contribution in [1.29, 1.82) is 0 Å². The summed E-state index contributed by atoms with van der Waals surface area (Å²) in [7, 11) is 0. The summed E-state index contributed by atoms with van der Waals surface area (Å²) in [5, 5.41) is 0. The van der Waals surface area contributed by atoms with E-state index in [1.165, 1.54) is 5.56 Å². The van der Waals surface area contributed by atoms with Gasteiger partial charge in [-0.05, 0) is 31.9 Å². The summed E-state index contributed by atoms with van der Waals surface area (Å²) >= 11 is 0. The highest BCUT2D eigenvalue weighted by atomic mass is 16.2. The molecule has 0 N–H and O–H groups in total. The molecular formula is C13H17NO. The van der Waals surface area contributed by atoms with Gasteiger partial charge in [0, 0.05) is 12.2 Å². The van der Waals surface area contributed by atoms with Crippen LogP contribution in [0.3, 0.4) is 0 Å². The summed E-state index contributed by atoms with van der Waals surface area (Å²) in [6.45, 7) is 6.90. The Balaban J connectivity index is 2.61. The van der Waals surface area contributed by atoms with Crippen molar-refractivity contribution in [1.82, 2.24) is 0 Å². The number of benzene rings is 1. The van der Waals surface area contributed by atoms with Gasteiger partial charge in [0.2, 0.25) is 5.91 Å². The van der Waals surface area contributed by atoms with E-state index < -0.39 is 0 Å². The third-order valence-corrected chi connectivity index (χ3v) is 3.53. The zero-order valence-corrected chi connectivity index (χ0v) is 9.58. The zero-order chi connectivity index (χ0) is 11.1. The zero-order valence-electron chi connectivity index (χ0n) is 9.58. The van der Waals surface area contributed by atoms with Crippen LogP contribution in [0.2, 0.25) is 0 Å². The van der Waals surface area contributed by atoms with Crippen molar-refractivity contribution in [2.75, 3.05) is 11.4 Å². The molecular weight excluding hydrogens is 186 g/mol. The van der Waals surface area contributed by atoms with E-state index in [0.717, 1.165) is 18.7 Å². The molecule has 0 bridgehead atoms. The number of carbonyl (C=O) groups is 1. The summed E-state index contributed by atoms with van der Waals surface area (Å²) in [5.74, 6) is 0.244. The topological polar surface area (TPSA) is 20.3 Å². The number of fused-ring (bicyclic) bond motifs is 1. The number of carbonyl (C=O) groups excluding carboxylic acids is 1. The summed E-state index contributed by atoms with van der Waals surface area (Å²) in [6, 6.07) is 8.12. The molecule has 1 aliphatic rings. The number of amides is 1. The highest BCUT2D eigenvalue weighted by Crippen LogP contribution is 2.43. The maximum absolute atomic E-state index is 12.3. The molecule has 1 amide bonds. The van der Waals surface area contributed by atoms with Crippen LogP contribution in [-0.4, -0.2) is 12.5 Å². The van der Waals surface area contributed by atoms with Crippen LogP contribution >= 0.6 is 0 Å². The Morgan fingerprint density at radius 2 is 1.93 bits per heavy atom. The van der Waals surface area contributed by atoms with Gasteiger partial charge in [-0.3, -0.25) is 4.79 Å². The SMILES string of the molecule is CCN1C(=O)C(C)(CC)c2ccccc21. The number of nitrogens with zero attached hydrogens (tertiary/aromatic N) is 1. The first-order valence-corrected chi connectivity index (χ1v) is 5.56. The molecule has 15 heavy (non-hydrogen) atoms. The van der Waals surface area contributed by atoms with E-state index in [9.17, 15) is 4.79 Å². The fraction of sp³-hybridized carbons (Fsp3) is 0.462. The number of para-hydroxylation sites is 1. The van der Waals surface area contributed by atoms with E-state index >= 15 is 0 Å². The molecule has 0 radical (unpaired) electrons. The largest absolute Gasteiger partial charge is 0.312 e. The lowest BCUT2D eigenvalue weighted by atomic mass is 9.81. The van der Waals surface area contributed by atoms with Crippen molar-refractivity contribution >= 4 is 11.6 Å². The van der Waals surface area contributed by atoms with Gasteiger partial charge in [0.25, 0.3) is 0 Å². The molecule has 1 aromatic carbocycles. The fourth-order valence-corrected chi connectivity index (χ4v) is 2.35. The Kier molecular flexibility index (Phi) is 2.29. The first kappa shape index (κ1) is 10.2. The van der Waals surface area contributed by atoms with E-state index in [4.69, 9.17) is 0 Å². The Hall–Kier alpha value is -1.31. The number of hydrogen-bond acceptors (Lipinski definition) is 1. The van der Waals surface area contributed by atoms with Gasteiger partial charge in [-0.25, -0.2) is 0 Å². The third-order valence-electron chi connectivity index (χ3n) is 3.53. The van der Waals surface area contributed by atoms with E-state index in [2.05, 4.69) is 13.0 Å². The molecule has 0 aliphatic carbocycles. The minimum atomic E-state index is -0.313. The van der Waals surface area contributed by atoms with Crippen LogP contribution in [0, 0.1) is 0 Å². The first-order chi connectivity index (χ1) is 7.15. The molecule has 1 unspecified atom stereocenters. The Bertz CT molecular complexity index is 399. The van der Waals surface area contributed by atoms with E-state index in [1.807, 2.05) is 36.9 Å². The predicted octanol–water partition coefficient (Wildman–Crippen LogP) is 2.72. The standard InChI is InChI=1S/C13H17NO/c1-4-13(3)10-8-6-7-9-11(10)14(5-2)12(13)15/h6-9H,4-5H2,1-3H3. The van der Waals surface area contributed by atoms with Crippen LogP contribution < -0.4 is 4.90 Å².